The Labute approximate surface area is 210 Å². The number of rotatable bonds is 6. The number of anilines is 1. The van der Waals surface area contributed by atoms with Crippen molar-refractivity contribution >= 4 is 38.0 Å². The lowest BCUT2D eigenvalue weighted by molar-refractivity contribution is -0.00515. The fraction of sp³-hybridized carbons (Fsp3) is 0.500. The highest BCUT2D eigenvalue weighted by Gasteiger charge is 2.47. The second-order valence-corrected chi connectivity index (χ2v) is 11.9. The highest BCUT2D eigenvalue weighted by molar-refractivity contribution is 7.89. The van der Waals surface area contributed by atoms with Crippen molar-refractivity contribution in [1.82, 2.24) is 24.9 Å². The third-order valence-electron chi connectivity index (χ3n) is 6.06. The van der Waals surface area contributed by atoms with Crippen LogP contribution < -0.4 is 9.62 Å². The molecular weight excluding hydrogens is 512 g/mol. The van der Waals surface area contributed by atoms with Gasteiger partial charge in [-0.3, -0.25) is 0 Å². The maximum absolute atomic E-state index is 13.4. The fourth-order valence-electron chi connectivity index (χ4n) is 4.33. The van der Waals surface area contributed by atoms with Crippen LogP contribution in [0, 0.1) is 18.3 Å². The molecule has 2 fully saturated rings. The number of alkyl halides is 2. The Morgan fingerprint density at radius 3 is 2.50 bits per heavy atom. The van der Waals surface area contributed by atoms with Crippen molar-refractivity contribution in [1.29, 1.82) is 5.26 Å². The van der Waals surface area contributed by atoms with Crippen LogP contribution in [0.3, 0.4) is 0 Å². The summed E-state index contributed by atoms with van der Waals surface area (Å²) in [6.07, 6.45) is -2.17. The molecular formula is C22H23F2N7O3S2. The van der Waals surface area contributed by atoms with Gasteiger partial charge in [0, 0.05) is 18.5 Å². The summed E-state index contributed by atoms with van der Waals surface area (Å²) in [5, 5.41) is 16.9. The SMILES string of the molecule is Cc1nc(-c2nnc(C(F)F)s2)c2cc(S(=O)(=O)NC3(C#N)CC3)cc(N3C[C@H](C)O[C@@H](C)C3)c2n1. The van der Waals surface area contributed by atoms with Crippen LogP contribution in [-0.2, 0) is 14.8 Å². The number of ether oxygens (including phenoxy) is 1. The highest BCUT2D eigenvalue weighted by atomic mass is 32.2. The molecule has 0 spiro atoms. The first kappa shape index (κ1) is 24.8. The van der Waals surface area contributed by atoms with Crippen LogP contribution in [0.2, 0.25) is 0 Å². The number of nitrogens with one attached hydrogen (secondary N) is 1. The Bertz CT molecular complexity index is 1470. The van der Waals surface area contributed by atoms with E-state index in [0.29, 0.717) is 59.7 Å². The Morgan fingerprint density at radius 1 is 1.22 bits per heavy atom. The summed E-state index contributed by atoms with van der Waals surface area (Å²) in [5.74, 6) is 0.372. The summed E-state index contributed by atoms with van der Waals surface area (Å²) in [5.41, 5.74) is 0.111. The van der Waals surface area contributed by atoms with E-state index in [0.717, 1.165) is 0 Å². The molecule has 1 saturated carbocycles. The summed E-state index contributed by atoms with van der Waals surface area (Å²) in [7, 11) is -4.10. The molecule has 1 aliphatic carbocycles. The van der Waals surface area contributed by atoms with Gasteiger partial charge in [0.2, 0.25) is 10.0 Å². The number of nitriles is 1. The van der Waals surface area contributed by atoms with E-state index in [4.69, 9.17) is 4.74 Å². The quantitative estimate of drug-likeness (QED) is 0.504. The minimum atomic E-state index is -4.10. The third kappa shape index (κ3) is 4.63. The fourth-order valence-corrected chi connectivity index (χ4v) is 6.45. The minimum Gasteiger partial charge on any atom is -0.372 e. The summed E-state index contributed by atoms with van der Waals surface area (Å²) in [6.45, 7) is 6.50. The highest BCUT2D eigenvalue weighted by Crippen LogP contribution is 2.40. The molecule has 36 heavy (non-hydrogen) atoms. The molecule has 5 rings (SSSR count). The van der Waals surface area contributed by atoms with Gasteiger partial charge >= 0.3 is 0 Å². The van der Waals surface area contributed by atoms with Gasteiger partial charge in [-0.25, -0.2) is 27.2 Å². The van der Waals surface area contributed by atoms with Crippen LogP contribution >= 0.6 is 11.3 Å². The number of aryl methyl sites for hydroxylation is 1. The van der Waals surface area contributed by atoms with Crippen LogP contribution in [0.15, 0.2) is 17.0 Å². The lowest BCUT2D eigenvalue weighted by atomic mass is 10.1. The van der Waals surface area contributed by atoms with Crippen LogP contribution in [0.4, 0.5) is 14.5 Å². The number of halogens is 2. The van der Waals surface area contributed by atoms with Gasteiger partial charge in [0.25, 0.3) is 6.43 Å². The van der Waals surface area contributed by atoms with E-state index < -0.39 is 27.0 Å². The van der Waals surface area contributed by atoms with E-state index >= 15 is 0 Å². The van der Waals surface area contributed by atoms with Crippen molar-refractivity contribution in [2.75, 3.05) is 18.0 Å². The van der Waals surface area contributed by atoms with Gasteiger partial charge in [-0.05, 0) is 45.7 Å². The van der Waals surface area contributed by atoms with Gasteiger partial charge in [-0.2, -0.15) is 9.98 Å². The molecule has 10 nitrogen and oxygen atoms in total. The van der Waals surface area contributed by atoms with E-state index in [1.165, 1.54) is 12.1 Å². The molecule has 2 aromatic heterocycles. The van der Waals surface area contributed by atoms with Crippen LogP contribution in [0.1, 0.15) is 43.9 Å². The van der Waals surface area contributed by atoms with E-state index in [-0.39, 0.29) is 27.8 Å². The van der Waals surface area contributed by atoms with E-state index in [9.17, 15) is 22.5 Å². The predicted octanol–water partition coefficient (Wildman–Crippen LogP) is 3.34. The maximum atomic E-state index is 13.4. The number of sulfonamides is 1. The van der Waals surface area contributed by atoms with Gasteiger partial charge in [0.15, 0.2) is 10.0 Å². The first-order chi connectivity index (χ1) is 17.0. The summed E-state index contributed by atoms with van der Waals surface area (Å²) in [6, 6.07) is 4.97. The third-order valence-corrected chi connectivity index (χ3v) is 8.51. The summed E-state index contributed by atoms with van der Waals surface area (Å²) >= 11 is 0.693. The maximum Gasteiger partial charge on any atom is 0.291 e. The number of aromatic nitrogens is 4. The Kier molecular flexibility index (Phi) is 6.14. The number of fused-ring (bicyclic) bond motifs is 1. The normalized spacial score (nSPS) is 21.6. The second-order valence-electron chi connectivity index (χ2n) is 9.17. The number of benzene rings is 1. The van der Waals surface area contributed by atoms with Crippen molar-refractivity contribution in [3.63, 3.8) is 0 Å². The van der Waals surface area contributed by atoms with Gasteiger partial charge in [0.1, 0.15) is 17.1 Å². The molecule has 0 amide bonds. The van der Waals surface area contributed by atoms with E-state index in [1.807, 2.05) is 24.8 Å². The zero-order valence-electron chi connectivity index (χ0n) is 19.7. The Morgan fingerprint density at radius 2 is 1.92 bits per heavy atom. The van der Waals surface area contributed by atoms with Crippen molar-refractivity contribution in [2.24, 2.45) is 0 Å². The Balaban J connectivity index is 1.74. The summed E-state index contributed by atoms with van der Waals surface area (Å²) in [4.78, 5) is 11.0. The predicted molar refractivity (Wildman–Crippen MR) is 128 cm³/mol. The van der Waals surface area contributed by atoms with Gasteiger partial charge in [-0.1, -0.05) is 11.3 Å². The monoisotopic (exact) mass is 535 g/mol. The molecule has 1 saturated heterocycles. The molecule has 3 aromatic rings. The molecule has 3 heterocycles. The average molecular weight is 536 g/mol. The molecule has 0 unspecified atom stereocenters. The molecule has 1 N–H and O–H groups in total. The van der Waals surface area contributed by atoms with Crippen molar-refractivity contribution < 1.29 is 21.9 Å². The standard InChI is InChI=1S/C22H23F2N7O3S2/c1-11-8-31(9-12(2)34-11)16-7-14(36(32,33)30-22(10-25)4-5-22)6-15-17(16)26-13(3)27-18(15)20-28-29-21(35-20)19(23)24/h6-7,11-12,19,30H,4-5,8-9H2,1-3H3/t11-,12-/m0/s1. The molecule has 2 atom stereocenters. The second kappa shape index (κ2) is 8.91. The Hall–Kier alpha value is -2.86. The molecule has 190 valence electrons. The molecule has 0 bridgehead atoms. The zero-order valence-corrected chi connectivity index (χ0v) is 21.3. The molecule has 2 aliphatic rings. The number of morpholine rings is 1. The zero-order chi connectivity index (χ0) is 25.8. The smallest absolute Gasteiger partial charge is 0.291 e. The topological polar surface area (TPSA) is 134 Å². The lowest BCUT2D eigenvalue weighted by Gasteiger charge is -2.37. The molecule has 14 heteroatoms. The first-order valence-corrected chi connectivity index (χ1v) is 13.6. The largest absolute Gasteiger partial charge is 0.372 e. The van der Waals surface area contributed by atoms with E-state index in [2.05, 4.69) is 24.9 Å². The number of nitrogens with zero attached hydrogens (tertiary/aromatic N) is 6. The van der Waals surface area contributed by atoms with Crippen molar-refractivity contribution in [2.45, 2.75) is 62.7 Å². The average Bonchev–Trinajstić information content (AvgIpc) is 3.38. The molecule has 1 aromatic carbocycles. The number of hydrogen-bond donors (Lipinski definition) is 1. The van der Waals surface area contributed by atoms with Gasteiger partial charge in [-0.15, -0.1) is 10.2 Å². The van der Waals surface area contributed by atoms with Gasteiger partial charge in [0.05, 0.1) is 34.4 Å². The minimum absolute atomic E-state index is 0.0781. The number of hydrogen-bond acceptors (Lipinski definition) is 10. The van der Waals surface area contributed by atoms with Crippen molar-refractivity contribution in [3.05, 3.63) is 23.0 Å². The van der Waals surface area contributed by atoms with E-state index in [1.54, 1.807) is 6.92 Å². The lowest BCUT2D eigenvalue weighted by Crippen LogP contribution is -2.45. The molecule has 1 aliphatic heterocycles. The first-order valence-electron chi connectivity index (χ1n) is 11.3. The summed E-state index contributed by atoms with van der Waals surface area (Å²) < 4.78 is 61.6. The van der Waals surface area contributed by atoms with Crippen LogP contribution in [-0.4, -0.2) is 59.4 Å². The van der Waals surface area contributed by atoms with Crippen molar-refractivity contribution in [3.8, 4) is 16.8 Å². The molecule has 0 radical (unpaired) electrons. The van der Waals surface area contributed by atoms with Gasteiger partial charge < -0.3 is 9.64 Å². The van der Waals surface area contributed by atoms with Crippen LogP contribution in [0.5, 0.6) is 0 Å². The van der Waals surface area contributed by atoms with Crippen LogP contribution in [0.25, 0.3) is 21.6 Å².